The van der Waals surface area contributed by atoms with Gasteiger partial charge in [0.15, 0.2) is 0 Å². The predicted octanol–water partition coefficient (Wildman–Crippen LogP) is 1.46. The van der Waals surface area contributed by atoms with E-state index in [2.05, 4.69) is 16.8 Å². The number of thiazole rings is 1. The standard InChI is InChI=1S/C9H11NOS/c1-9(2,11)5-3-4-8-10-6-7-12-8/h6-7,11H,4H2,1-2H3. The Bertz CT molecular complexity index is 287. The molecule has 0 radical (unpaired) electrons. The fourth-order valence-electron chi connectivity index (χ4n) is 0.676. The highest BCUT2D eigenvalue weighted by Gasteiger charge is 2.05. The Kier molecular flexibility index (Phi) is 2.85. The quantitative estimate of drug-likeness (QED) is 0.665. The lowest BCUT2D eigenvalue weighted by Gasteiger charge is -2.05. The molecule has 12 heavy (non-hydrogen) atoms. The van der Waals surface area contributed by atoms with Crippen molar-refractivity contribution in [2.24, 2.45) is 0 Å². The van der Waals surface area contributed by atoms with Crippen LogP contribution >= 0.6 is 11.3 Å². The van der Waals surface area contributed by atoms with Crippen LogP contribution in [0.5, 0.6) is 0 Å². The van der Waals surface area contributed by atoms with Gasteiger partial charge in [-0.3, -0.25) is 0 Å². The van der Waals surface area contributed by atoms with E-state index in [0.29, 0.717) is 6.42 Å². The molecule has 0 aliphatic heterocycles. The molecule has 1 aromatic rings. The number of nitrogens with zero attached hydrogens (tertiary/aromatic N) is 1. The van der Waals surface area contributed by atoms with Gasteiger partial charge < -0.3 is 5.11 Å². The molecule has 1 heterocycles. The Morgan fingerprint density at radius 1 is 1.67 bits per heavy atom. The summed E-state index contributed by atoms with van der Waals surface area (Å²) in [5, 5.41) is 12.2. The van der Waals surface area contributed by atoms with Crippen LogP contribution in [0.3, 0.4) is 0 Å². The molecular formula is C9H11NOS. The summed E-state index contributed by atoms with van der Waals surface area (Å²) in [5.41, 5.74) is -0.892. The molecular weight excluding hydrogens is 170 g/mol. The first kappa shape index (κ1) is 9.24. The Labute approximate surface area is 76.3 Å². The molecule has 0 fully saturated rings. The van der Waals surface area contributed by atoms with Crippen LogP contribution in [0.2, 0.25) is 0 Å². The number of aromatic nitrogens is 1. The highest BCUT2D eigenvalue weighted by atomic mass is 32.1. The normalized spacial score (nSPS) is 10.6. The number of rotatable bonds is 1. The summed E-state index contributed by atoms with van der Waals surface area (Å²) >= 11 is 1.58. The van der Waals surface area contributed by atoms with Crippen molar-refractivity contribution in [1.82, 2.24) is 4.98 Å². The van der Waals surface area contributed by atoms with Crippen molar-refractivity contribution >= 4 is 11.3 Å². The molecule has 1 N–H and O–H groups in total. The van der Waals surface area contributed by atoms with Gasteiger partial charge in [-0.25, -0.2) is 4.98 Å². The number of hydrogen-bond acceptors (Lipinski definition) is 3. The van der Waals surface area contributed by atoms with Gasteiger partial charge in [0.2, 0.25) is 0 Å². The molecule has 3 heteroatoms. The van der Waals surface area contributed by atoms with Gasteiger partial charge in [-0.1, -0.05) is 11.8 Å². The highest BCUT2D eigenvalue weighted by Crippen LogP contribution is 2.04. The lowest BCUT2D eigenvalue weighted by Crippen LogP contribution is -2.14. The van der Waals surface area contributed by atoms with Crippen molar-refractivity contribution in [3.8, 4) is 11.8 Å². The zero-order valence-corrected chi connectivity index (χ0v) is 7.98. The van der Waals surface area contributed by atoms with Gasteiger partial charge in [0.1, 0.15) is 10.6 Å². The third-order valence-corrected chi connectivity index (χ3v) is 1.90. The van der Waals surface area contributed by atoms with E-state index in [1.807, 2.05) is 5.38 Å². The van der Waals surface area contributed by atoms with E-state index in [9.17, 15) is 5.11 Å². The first-order valence-electron chi connectivity index (χ1n) is 3.69. The van der Waals surface area contributed by atoms with Crippen LogP contribution in [0.1, 0.15) is 18.9 Å². The molecule has 1 rings (SSSR count). The van der Waals surface area contributed by atoms with E-state index in [4.69, 9.17) is 0 Å². The van der Waals surface area contributed by atoms with E-state index in [-0.39, 0.29) is 0 Å². The van der Waals surface area contributed by atoms with Gasteiger partial charge in [-0.2, -0.15) is 0 Å². The molecule has 1 aromatic heterocycles. The molecule has 0 bridgehead atoms. The summed E-state index contributed by atoms with van der Waals surface area (Å²) in [4.78, 5) is 4.07. The molecule has 0 aliphatic carbocycles. The molecule has 0 spiro atoms. The summed E-state index contributed by atoms with van der Waals surface area (Å²) in [6.07, 6.45) is 2.38. The predicted molar refractivity (Wildman–Crippen MR) is 49.9 cm³/mol. The van der Waals surface area contributed by atoms with E-state index in [1.165, 1.54) is 0 Å². The second kappa shape index (κ2) is 3.70. The fraction of sp³-hybridized carbons (Fsp3) is 0.444. The van der Waals surface area contributed by atoms with Crippen molar-refractivity contribution in [2.75, 3.05) is 0 Å². The van der Waals surface area contributed by atoms with Crippen molar-refractivity contribution in [1.29, 1.82) is 0 Å². The lowest BCUT2D eigenvalue weighted by atomic mass is 10.1. The van der Waals surface area contributed by atoms with Crippen LogP contribution in [0.15, 0.2) is 11.6 Å². The molecule has 64 valence electrons. The maximum atomic E-state index is 9.26. The summed E-state index contributed by atoms with van der Waals surface area (Å²) in [5.74, 6) is 5.61. The first-order valence-corrected chi connectivity index (χ1v) is 4.57. The summed E-state index contributed by atoms with van der Waals surface area (Å²) < 4.78 is 0. The van der Waals surface area contributed by atoms with Gasteiger partial charge in [0.05, 0.1) is 6.42 Å². The Morgan fingerprint density at radius 2 is 2.42 bits per heavy atom. The summed E-state index contributed by atoms with van der Waals surface area (Å²) in [7, 11) is 0. The lowest BCUT2D eigenvalue weighted by molar-refractivity contribution is 0.143. The van der Waals surface area contributed by atoms with Gasteiger partial charge in [-0.15, -0.1) is 11.3 Å². The van der Waals surface area contributed by atoms with Crippen molar-refractivity contribution < 1.29 is 5.11 Å². The zero-order chi connectivity index (χ0) is 9.03. The zero-order valence-electron chi connectivity index (χ0n) is 7.16. The molecule has 2 nitrogen and oxygen atoms in total. The topological polar surface area (TPSA) is 33.1 Å². The van der Waals surface area contributed by atoms with E-state index >= 15 is 0 Å². The van der Waals surface area contributed by atoms with Gasteiger partial charge in [0.25, 0.3) is 0 Å². The molecule has 0 aliphatic rings. The van der Waals surface area contributed by atoms with E-state index in [0.717, 1.165) is 5.01 Å². The monoisotopic (exact) mass is 181 g/mol. The van der Waals surface area contributed by atoms with E-state index < -0.39 is 5.60 Å². The third kappa shape index (κ3) is 3.51. The van der Waals surface area contributed by atoms with Crippen molar-refractivity contribution in [2.45, 2.75) is 25.9 Å². The number of aliphatic hydroxyl groups is 1. The Hall–Kier alpha value is -0.850. The molecule has 0 aromatic carbocycles. The smallest absolute Gasteiger partial charge is 0.119 e. The second-order valence-electron chi connectivity index (χ2n) is 2.96. The van der Waals surface area contributed by atoms with Gasteiger partial charge >= 0.3 is 0 Å². The average Bonchev–Trinajstić information content (AvgIpc) is 2.36. The average molecular weight is 181 g/mol. The molecule has 0 saturated heterocycles. The maximum Gasteiger partial charge on any atom is 0.119 e. The van der Waals surface area contributed by atoms with Crippen LogP contribution < -0.4 is 0 Å². The maximum absolute atomic E-state index is 9.26. The third-order valence-electron chi connectivity index (χ3n) is 1.12. The van der Waals surface area contributed by atoms with Crippen LogP contribution in [0.25, 0.3) is 0 Å². The second-order valence-corrected chi connectivity index (χ2v) is 3.94. The first-order chi connectivity index (χ1) is 5.58. The van der Waals surface area contributed by atoms with Gasteiger partial charge in [-0.05, 0) is 13.8 Å². The SMILES string of the molecule is CC(C)(O)C#CCc1nccs1. The van der Waals surface area contributed by atoms with Crippen molar-refractivity contribution in [3.63, 3.8) is 0 Å². The van der Waals surface area contributed by atoms with Crippen molar-refractivity contribution in [3.05, 3.63) is 16.6 Å². The summed E-state index contributed by atoms with van der Waals surface area (Å²) in [6.45, 7) is 3.34. The molecule has 0 unspecified atom stereocenters. The Morgan fingerprint density at radius 3 is 2.92 bits per heavy atom. The van der Waals surface area contributed by atoms with Crippen LogP contribution in [0, 0.1) is 11.8 Å². The Balaban J connectivity index is 2.49. The largest absolute Gasteiger partial charge is 0.378 e. The van der Waals surface area contributed by atoms with Crippen LogP contribution in [-0.2, 0) is 6.42 Å². The van der Waals surface area contributed by atoms with E-state index in [1.54, 1.807) is 31.4 Å². The number of hydrogen-bond donors (Lipinski definition) is 1. The summed E-state index contributed by atoms with van der Waals surface area (Å²) in [6, 6.07) is 0. The fourth-order valence-corrected chi connectivity index (χ4v) is 1.23. The minimum absolute atomic E-state index is 0.627. The minimum Gasteiger partial charge on any atom is -0.378 e. The minimum atomic E-state index is -0.892. The van der Waals surface area contributed by atoms with Crippen LogP contribution in [0.4, 0.5) is 0 Å². The molecule has 0 saturated carbocycles. The van der Waals surface area contributed by atoms with Gasteiger partial charge in [0, 0.05) is 11.6 Å². The van der Waals surface area contributed by atoms with Crippen LogP contribution in [-0.4, -0.2) is 15.7 Å². The molecule has 0 atom stereocenters. The highest BCUT2D eigenvalue weighted by molar-refractivity contribution is 7.09. The molecule has 0 amide bonds.